The van der Waals surface area contributed by atoms with Crippen LogP contribution in [0.15, 0.2) is 24.3 Å². The van der Waals surface area contributed by atoms with Crippen LogP contribution in [0.25, 0.3) is 0 Å². The summed E-state index contributed by atoms with van der Waals surface area (Å²) in [5.74, 6) is 0.677. The van der Waals surface area contributed by atoms with E-state index in [9.17, 15) is 22.4 Å². The van der Waals surface area contributed by atoms with Gasteiger partial charge < -0.3 is 9.64 Å². The highest BCUT2D eigenvalue weighted by Crippen LogP contribution is 2.51. The highest BCUT2D eigenvalue weighted by molar-refractivity contribution is 5.78. The van der Waals surface area contributed by atoms with Gasteiger partial charge in [-0.25, -0.2) is 4.39 Å². The summed E-state index contributed by atoms with van der Waals surface area (Å²) in [6.07, 6.45) is -0.809. The van der Waals surface area contributed by atoms with Gasteiger partial charge in [0.15, 0.2) is 0 Å². The van der Waals surface area contributed by atoms with Gasteiger partial charge in [-0.05, 0) is 49.3 Å². The monoisotopic (exact) mass is 456 g/mol. The van der Waals surface area contributed by atoms with Gasteiger partial charge in [0.1, 0.15) is 12.4 Å². The highest BCUT2D eigenvalue weighted by atomic mass is 19.4. The maximum absolute atomic E-state index is 13.4. The lowest BCUT2D eigenvalue weighted by Crippen LogP contribution is -2.63. The van der Waals surface area contributed by atoms with E-state index in [2.05, 4.69) is 13.8 Å². The van der Waals surface area contributed by atoms with E-state index in [-0.39, 0.29) is 30.5 Å². The number of carbonyl (C=O) groups is 1. The maximum Gasteiger partial charge on any atom is 0.416 e. The van der Waals surface area contributed by atoms with Crippen molar-refractivity contribution in [2.24, 2.45) is 11.8 Å². The highest BCUT2D eigenvalue weighted by Gasteiger charge is 2.59. The van der Waals surface area contributed by atoms with Gasteiger partial charge in [-0.2, -0.15) is 13.2 Å². The number of hydrogen-bond acceptors (Lipinski definition) is 3. The Morgan fingerprint density at radius 2 is 1.94 bits per heavy atom. The number of ether oxygens (including phenoxy) is 1. The topological polar surface area (TPSA) is 32.8 Å². The zero-order valence-corrected chi connectivity index (χ0v) is 18.7. The fourth-order valence-corrected chi connectivity index (χ4v) is 5.88. The standard InChI is InChI=1S/C24H32F4N2O2/c1-16(2)21-15-32-23-10-9-20(13-19(23)7-8-22(31)30(21)23)29(12-11-25)14-17-3-5-18(6-4-17)24(26,27)28/h3-6,16,19-21H,7-15H2,1-2H3/t19-,20-,21-,23-/m1/s1. The van der Waals surface area contributed by atoms with E-state index in [1.165, 1.54) is 12.1 Å². The second-order valence-corrected chi connectivity index (χ2v) is 9.75. The summed E-state index contributed by atoms with van der Waals surface area (Å²) < 4.78 is 58.3. The first-order chi connectivity index (χ1) is 15.2. The lowest BCUT2D eigenvalue weighted by molar-refractivity contribution is -0.191. The molecular weight excluding hydrogens is 424 g/mol. The van der Waals surface area contributed by atoms with E-state index < -0.39 is 24.1 Å². The van der Waals surface area contributed by atoms with Crippen LogP contribution in [-0.4, -0.2) is 53.3 Å². The SMILES string of the molecule is CC(C)[C@H]1CO[C@]23CC[C@@H](N(CCF)Cc4ccc(C(F)(F)F)cc4)C[C@H]2CCC(=O)N13. The van der Waals surface area contributed by atoms with Crippen LogP contribution in [-0.2, 0) is 22.3 Å². The molecule has 0 aromatic heterocycles. The third kappa shape index (κ3) is 4.28. The molecule has 178 valence electrons. The van der Waals surface area contributed by atoms with Crippen LogP contribution in [0.5, 0.6) is 0 Å². The van der Waals surface area contributed by atoms with Gasteiger partial charge in [0, 0.05) is 31.5 Å². The molecule has 0 bridgehead atoms. The summed E-state index contributed by atoms with van der Waals surface area (Å²) in [5, 5.41) is 0. The van der Waals surface area contributed by atoms with Crippen molar-refractivity contribution in [2.75, 3.05) is 19.8 Å². The fraction of sp³-hybridized carbons (Fsp3) is 0.708. The van der Waals surface area contributed by atoms with Gasteiger partial charge in [0.05, 0.1) is 18.2 Å². The molecule has 1 aromatic carbocycles. The van der Waals surface area contributed by atoms with Gasteiger partial charge in [0.2, 0.25) is 5.91 Å². The zero-order valence-electron chi connectivity index (χ0n) is 18.7. The second-order valence-electron chi connectivity index (χ2n) is 9.75. The summed E-state index contributed by atoms with van der Waals surface area (Å²) in [6.45, 7) is 4.92. The predicted octanol–water partition coefficient (Wildman–Crippen LogP) is 5.02. The van der Waals surface area contributed by atoms with Crippen molar-refractivity contribution in [3.05, 3.63) is 35.4 Å². The molecule has 4 nitrogen and oxygen atoms in total. The quantitative estimate of drug-likeness (QED) is 0.564. The third-order valence-electron chi connectivity index (χ3n) is 7.57. The summed E-state index contributed by atoms with van der Waals surface area (Å²) in [6, 6.07) is 5.33. The van der Waals surface area contributed by atoms with Crippen molar-refractivity contribution >= 4 is 5.91 Å². The molecule has 2 saturated heterocycles. The Bertz CT molecular complexity index is 813. The Kier molecular flexibility index (Phi) is 6.56. The molecule has 0 radical (unpaired) electrons. The maximum atomic E-state index is 13.4. The van der Waals surface area contributed by atoms with Crippen LogP contribution in [0.1, 0.15) is 57.1 Å². The van der Waals surface area contributed by atoms with E-state index in [4.69, 9.17) is 4.74 Å². The fourth-order valence-electron chi connectivity index (χ4n) is 5.88. The average molecular weight is 457 g/mol. The van der Waals surface area contributed by atoms with Crippen molar-refractivity contribution in [3.63, 3.8) is 0 Å². The number of carbonyl (C=O) groups excluding carboxylic acids is 1. The van der Waals surface area contributed by atoms with Crippen LogP contribution < -0.4 is 0 Å². The number of hydrogen-bond donors (Lipinski definition) is 0. The van der Waals surface area contributed by atoms with Crippen molar-refractivity contribution in [3.8, 4) is 0 Å². The molecule has 1 spiro atoms. The number of rotatable bonds is 6. The number of halogens is 4. The molecular formula is C24H32F4N2O2. The number of nitrogens with zero attached hydrogens (tertiary/aromatic N) is 2. The molecule has 32 heavy (non-hydrogen) atoms. The van der Waals surface area contributed by atoms with Crippen LogP contribution in [0.3, 0.4) is 0 Å². The molecule has 4 rings (SSSR count). The summed E-state index contributed by atoms with van der Waals surface area (Å²) in [4.78, 5) is 16.9. The molecule has 3 fully saturated rings. The Morgan fingerprint density at radius 3 is 2.56 bits per heavy atom. The number of amides is 1. The first-order valence-electron chi connectivity index (χ1n) is 11.6. The molecule has 0 N–H and O–H groups in total. The molecule has 1 aromatic rings. The number of benzene rings is 1. The Labute approximate surface area is 186 Å². The van der Waals surface area contributed by atoms with Crippen LogP contribution in [0.2, 0.25) is 0 Å². The first-order valence-corrected chi connectivity index (χ1v) is 11.6. The van der Waals surface area contributed by atoms with E-state index in [1.807, 2.05) is 9.80 Å². The van der Waals surface area contributed by atoms with Crippen molar-refractivity contribution < 1.29 is 27.1 Å². The molecule has 4 atom stereocenters. The van der Waals surface area contributed by atoms with Gasteiger partial charge in [-0.3, -0.25) is 9.69 Å². The smallest absolute Gasteiger partial charge is 0.353 e. The first kappa shape index (κ1) is 23.5. The van der Waals surface area contributed by atoms with Crippen molar-refractivity contribution in [1.29, 1.82) is 0 Å². The minimum Gasteiger partial charge on any atom is -0.353 e. The second kappa shape index (κ2) is 8.93. The van der Waals surface area contributed by atoms with Gasteiger partial charge in [0.25, 0.3) is 0 Å². The normalized spacial score (nSPS) is 30.7. The van der Waals surface area contributed by atoms with Gasteiger partial charge >= 0.3 is 6.18 Å². The predicted molar refractivity (Wildman–Crippen MR) is 112 cm³/mol. The minimum absolute atomic E-state index is 0.0935. The zero-order chi connectivity index (χ0) is 23.1. The van der Waals surface area contributed by atoms with Crippen LogP contribution in [0, 0.1) is 11.8 Å². The number of alkyl halides is 4. The lowest BCUT2D eigenvalue weighted by atomic mass is 9.72. The lowest BCUT2D eigenvalue weighted by Gasteiger charge is -2.53. The van der Waals surface area contributed by atoms with Crippen LogP contribution >= 0.6 is 0 Å². The summed E-state index contributed by atoms with van der Waals surface area (Å²) in [7, 11) is 0. The molecule has 3 aliphatic rings. The van der Waals surface area contributed by atoms with Crippen LogP contribution in [0.4, 0.5) is 17.6 Å². The van der Waals surface area contributed by atoms with E-state index in [1.54, 1.807) is 0 Å². The van der Waals surface area contributed by atoms with E-state index in [0.29, 0.717) is 31.9 Å². The Hall–Kier alpha value is -1.67. The Morgan fingerprint density at radius 1 is 1.22 bits per heavy atom. The van der Waals surface area contributed by atoms with Gasteiger partial charge in [-0.15, -0.1) is 0 Å². The largest absolute Gasteiger partial charge is 0.416 e. The minimum atomic E-state index is -4.37. The molecule has 1 saturated carbocycles. The number of piperidine rings is 1. The summed E-state index contributed by atoms with van der Waals surface area (Å²) >= 11 is 0. The average Bonchev–Trinajstić information content (AvgIpc) is 3.14. The molecule has 8 heteroatoms. The van der Waals surface area contributed by atoms with E-state index >= 15 is 0 Å². The summed E-state index contributed by atoms with van der Waals surface area (Å²) in [5.41, 5.74) is -0.483. The third-order valence-corrected chi connectivity index (χ3v) is 7.57. The Balaban J connectivity index is 1.49. The molecule has 1 amide bonds. The molecule has 2 heterocycles. The van der Waals surface area contributed by atoms with Crippen molar-refractivity contribution in [2.45, 2.75) is 76.5 Å². The van der Waals surface area contributed by atoms with E-state index in [0.717, 1.165) is 37.0 Å². The molecule has 2 aliphatic heterocycles. The molecule has 0 unspecified atom stereocenters. The van der Waals surface area contributed by atoms with Crippen molar-refractivity contribution in [1.82, 2.24) is 9.80 Å². The molecule has 1 aliphatic carbocycles. The van der Waals surface area contributed by atoms with Gasteiger partial charge in [-0.1, -0.05) is 26.0 Å².